The molecule has 0 aromatic carbocycles. The highest BCUT2D eigenvalue weighted by Crippen LogP contribution is 2.27. The molecule has 31 heavy (non-hydrogen) atoms. The zero-order valence-electron chi connectivity index (χ0n) is 19.0. The van der Waals surface area contributed by atoms with Crippen molar-refractivity contribution in [1.29, 1.82) is 0 Å². The Kier molecular flexibility index (Phi) is 9.84. The van der Waals surface area contributed by atoms with Crippen LogP contribution in [0.4, 0.5) is 4.79 Å². The van der Waals surface area contributed by atoms with Crippen molar-refractivity contribution >= 4 is 47.4 Å². The number of hydrogen-bond donors (Lipinski definition) is 1. The van der Waals surface area contributed by atoms with E-state index in [4.69, 9.17) is 20.2 Å². The molecule has 0 saturated carbocycles. The highest BCUT2D eigenvalue weighted by Gasteiger charge is 2.28. The normalized spacial score (nSPS) is 22.1. The van der Waals surface area contributed by atoms with Crippen molar-refractivity contribution in [3.05, 3.63) is 22.4 Å². The van der Waals surface area contributed by atoms with Crippen LogP contribution in [-0.4, -0.2) is 90.9 Å². The molecular formula is C21H36IN5O3S. The maximum absolute atomic E-state index is 12.2. The molecule has 176 valence electrons. The highest BCUT2D eigenvalue weighted by molar-refractivity contribution is 14.0. The summed E-state index contributed by atoms with van der Waals surface area (Å²) in [5.41, 5.74) is 5.85. The second-order valence-electron chi connectivity index (χ2n) is 8.86. The third-order valence-corrected chi connectivity index (χ3v) is 6.24. The molecule has 0 radical (unpaired) electrons. The van der Waals surface area contributed by atoms with E-state index in [1.165, 1.54) is 4.88 Å². The zero-order chi connectivity index (χ0) is 21.7. The Labute approximate surface area is 206 Å². The van der Waals surface area contributed by atoms with Crippen molar-refractivity contribution in [3.63, 3.8) is 0 Å². The van der Waals surface area contributed by atoms with E-state index < -0.39 is 5.60 Å². The van der Waals surface area contributed by atoms with Gasteiger partial charge in [-0.25, -0.2) is 4.79 Å². The summed E-state index contributed by atoms with van der Waals surface area (Å²) < 4.78 is 11.2. The Morgan fingerprint density at radius 2 is 1.97 bits per heavy atom. The summed E-state index contributed by atoms with van der Waals surface area (Å²) in [4.78, 5) is 24.5. The summed E-state index contributed by atoms with van der Waals surface area (Å²) in [6.07, 6.45) is -0.0414. The molecule has 0 spiro atoms. The number of halogens is 1. The van der Waals surface area contributed by atoms with Gasteiger partial charge in [-0.05, 0) is 39.1 Å². The van der Waals surface area contributed by atoms with Gasteiger partial charge in [0.15, 0.2) is 5.96 Å². The Balaban J connectivity index is 0.00000341. The summed E-state index contributed by atoms with van der Waals surface area (Å²) in [5, 5.41) is 2.11. The molecule has 8 nitrogen and oxygen atoms in total. The van der Waals surface area contributed by atoms with Crippen LogP contribution in [0.15, 0.2) is 22.5 Å². The van der Waals surface area contributed by atoms with E-state index >= 15 is 0 Å². The van der Waals surface area contributed by atoms with Crippen LogP contribution in [0, 0.1) is 0 Å². The minimum Gasteiger partial charge on any atom is -0.444 e. The molecule has 3 rings (SSSR count). The molecule has 1 amide bonds. The first-order chi connectivity index (χ1) is 14.2. The number of thiophene rings is 1. The number of nitrogens with zero attached hydrogens (tertiary/aromatic N) is 4. The van der Waals surface area contributed by atoms with Gasteiger partial charge in [0.25, 0.3) is 0 Å². The van der Waals surface area contributed by atoms with Gasteiger partial charge in [0.05, 0.1) is 25.3 Å². The maximum atomic E-state index is 12.2. The van der Waals surface area contributed by atoms with Gasteiger partial charge in [-0.3, -0.25) is 9.89 Å². The summed E-state index contributed by atoms with van der Waals surface area (Å²) in [7, 11) is 0. The predicted octanol–water partition coefficient (Wildman–Crippen LogP) is 3.00. The first kappa shape index (κ1) is 26.1. The molecule has 1 aromatic rings. The number of hydrogen-bond acceptors (Lipinski definition) is 6. The molecule has 2 unspecified atom stereocenters. The number of piperazine rings is 1. The number of rotatable bonds is 4. The lowest BCUT2D eigenvalue weighted by Gasteiger charge is -2.37. The quantitative estimate of drug-likeness (QED) is 0.344. The smallest absolute Gasteiger partial charge is 0.410 e. The van der Waals surface area contributed by atoms with Gasteiger partial charge < -0.3 is 25.0 Å². The van der Waals surface area contributed by atoms with Gasteiger partial charge in [0.1, 0.15) is 5.60 Å². The lowest BCUT2D eigenvalue weighted by molar-refractivity contribution is -0.0327. The topological polar surface area (TPSA) is 83.6 Å². The molecule has 2 aliphatic heterocycles. The van der Waals surface area contributed by atoms with Crippen LogP contribution in [0.25, 0.3) is 0 Å². The minimum absolute atomic E-state index is 0. The summed E-state index contributed by atoms with van der Waals surface area (Å²) in [6, 6.07) is 4.46. The number of carbonyl (C=O) groups excluding carboxylic acids is 1. The number of morpholine rings is 1. The minimum atomic E-state index is -0.484. The molecule has 2 fully saturated rings. The first-order valence-corrected chi connectivity index (χ1v) is 11.5. The molecular weight excluding hydrogens is 529 g/mol. The number of aliphatic imine (C=N–C) groups is 1. The van der Waals surface area contributed by atoms with E-state index in [1.807, 2.05) is 25.7 Å². The SMILES string of the molecule is CC1CN(C(CN=C(N)N2CCN(C(=O)OC(C)(C)C)CC2)c2cccs2)CCO1.I. The van der Waals surface area contributed by atoms with E-state index in [-0.39, 0.29) is 42.2 Å². The van der Waals surface area contributed by atoms with Crippen molar-refractivity contribution < 1.29 is 14.3 Å². The average molecular weight is 566 g/mol. The summed E-state index contributed by atoms with van der Waals surface area (Å²) in [6.45, 7) is 13.4. The lowest BCUT2D eigenvalue weighted by atomic mass is 10.1. The van der Waals surface area contributed by atoms with E-state index in [0.29, 0.717) is 38.7 Å². The maximum Gasteiger partial charge on any atom is 0.410 e. The fourth-order valence-corrected chi connectivity index (χ4v) is 4.57. The predicted molar refractivity (Wildman–Crippen MR) is 135 cm³/mol. The van der Waals surface area contributed by atoms with E-state index in [2.05, 4.69) is 29.3 Å². The monoisotopic (exact) mass is 565 g/mol. The van der Waals surface area contributed by atoms with Crippen LogP contribution in [-0.2, 0) is 9.47 Å². The van der Waals surface area contributed by atoms with Crippen molar-refractivity contribution in [3.8, 4) is 0 Å². The van der Waals surface area contributed by atoms with Crippen LogP contribution < -0.4 is 5.73 Å². The number of guanidine groups is 1. The van der Waals surface area contributed by atoms with Crippen molar-refractivity contribution in [2.24, 2.45) is 10.7 Å². The van der Waals surface area contributed by atoms with E-state index in [1.54, 1.807) is 16.2 Å². The Morgan fingerprint density at radius 3 is 2.55 bits per heavy atom. The standard InChI is InChI=1S/C21H35N5O3S.HI/c1-16-15-26(11-12-28-16)17(18-6-5-13-30-18)14-23-19(22)24-7-9-25(10-8-24)20(27)29-21(2,3)4;/h5-6,13,16-17H,7-12,14-15H2,1-4H3,(H2,22,23);1H. The largest absolute Gasteiger partial charge is 0.444 e. The number of amides is 1. The zero-order valence-corrected chi connectivity index (χ0v) is 22.1. The third-order valence-electron chi connectivity index (χ3n) is 5.27. The van der Waals surface area contributed by atoms with Gasteiger partial charge in [-0.2, -0.15) is 0 Å². The van der Waals surface area contributed by atoms with Crippen molar-refractivity contribution in [2.75, 3.05) is 52.4 Å². The number of carbonyl (C=O) groups is 1. The van der Waals surface area contributed by atoms with Gasteiger partial charge in [0, 0.05) is 44.1 Å². The van der Waals surface area contributed by atoms with Gasteiger partial charge >= 0.3 is 6.09 Å². The Hall–Kier alpha value is -1.11. The molecule has 2 saturated heterocycles. The number of ether oxygens (including phenoxy) is 2. The summed E-state index contributed by atoms with van der Waals surface area (Å²) >= 11 is 1.76. The highest BCUT2D eigenvalue weighted by atomic mass is 127. The average Bonchev–Trinajstić information content (AvgIpc) is 3.21. The Morgan fingerprint density at radius 1 is 1.29 bits per heavy atom. The Bertz CT molecular complexity index is 717. The molecule has 2 N–H and O–H groups in total. The molecule has 0 bridgehead atoms. The van der Waals surface area contributed by atoms with Gasteiger partial charge in [-0.15, -0.1) is 35.3 Å². The van der Waals surface area contributed by atoms with E-state index in [0.717, 1.165) is 19.7 Å². The first-order valence-electron chi connectivity index (χ1n) is 10.6. The second-order valence-corrected chi connectivity index (χ2v) is 9.84. The van der Waals surface area contributed by atoms with Crippen LogP contribution in [0.5, 0.6) is 0 Å². The summed E-state index contributed by atoms with van der Waals surface area (Å²) in [5.74, 6) is 0.543. The van der Waals surface area contributed by atoms with Crippen LogP contribution in [0.3, 0.4) is 0 Å². The molecule has 1 aromatic heterocycles. The molecule has 0 aliphatic carbocycles. The molecule has 3 heterocycles. The van der Waals surface area contributed by atoms with Crippen LogP contribution in [0.2, 0.25) is 0 Å². The fraction of sp³-hybridized carbons (Fsp3) is 0.714. The number of nitrogens with two attached hydrogens (primary N) is 1. The van der Waals surface area contributed by atoms with Crippen LogP contribution >= 0.6 is 35.3 Å². The molecule has 2 aliphatic rings. The molecule has 2 atom stereocenters. The van der Waals surface area contributed by atoms with E-state index in [9.17, 15) is 4.79 Å². The lowest BCUT2D eigenvalue weighted by Crippen LogP contribution is -2.53. The molecule has 10 heteroatoms. The van der Waals surface area contributed by atoms with Gasteiger partial charge in [-0.1, -0.05) is 6.07 Å². The third kappa shape index (κ3) is 7.76. The van der Waals surface area contributed by atoms with Crippen LogP contribution in [0.1, 0.15) is 38.6 Å². The second kappa shape index (κ2) is 11.7. The van der Waals surface area contributed by atoms with Gasteiger partial charge in [0.2, 0.25) is 0 Å². The van der Waals surface area contributed by atoms with Crippen molar-refractivity contribution in [1.82, 2.24) is 14.7 Å². The van der Waals surface area contributed by atoms with Crippen molar-refractivity contribution in [2.45, 2.75) is 45.4 Å². The fourth-order valence-electron chi connectivity index (χ4n) is 3.72.